The normalized spacial score (nSPS) is 22.0. The monoisotopic (exact) mass is 373 g/mol. The number of esters is 1. The molecule has 3 nitrogen and oxygen atoms in total. The molecule has 3 aromatic carbocycles. The van der Waals surface area contributed by atoms with E-state index in [1.807, 2.05) is 18.2 Å². The highest BCUT2D eigenvalue weighted by atomic mass is 16.6. The summed E-state index contributed by atoms with van der Waals surface area (Å²) in [5, 5.41) is 2.41. The van der Waals surface area contributed by atoms with Crippen LogP contribution in [0.15, 0.2) is 72.8 Å². The molecule has 0 bridgehead atoms. The van der Waals surface area contributed by atoms with Gasteiger partial charge >= 0.3 is 5.97 Å². The van der Waals surface area contributed by atoms with Crippen LogP contribution in [0, 0.1) is 5.92 Å². The SMILES string of the molecule is CCN(CC)CC1C(=O)O[C@H](c2ccccc2)[C@@H]1c1cccc2ccccc12. The molecule has 0 N–H and O–H groups in total. The number of fused-ring (bicyclic) bond motifs is 1. The van der Waals surface area contributed by atoms with Gasteiger partial charge in [0.25, 0.3) is 0 Å². The van der Waals surface area contributed by atoms with Crippen LogP contribution in [0.2, 0.25) is 0 Å². The van der Waals surface area contributed by atoms with E-state index in [1.54, 1.807) is 0 Å². The molecule has 3 atom stereocenters. The van der Waals surface area contributed by atoms with Crippen molar-refractivity contribution in [3.05, 3.63) is 83.9 Å². The van der Waals surface area contributed by atoms with E-state index in [0.29, 0.717) is 0 Å². The lowest BCUT2D eigenvalue weighted by atomic mass is 9.79. The van der Waals surface area contributed by atoms with Crippen molar-refractivity contribution in [2.45, 2.75) is 25.9 Å². The summed E-state index contributed by atoms with van der Waals surface area (Å²) in [6.07, 6.45) is -0.250. The number of carbonyl (C=O) groups is 1. The number of rotatable bonds is 6. The molecule has 1 unspecified atom stereocenters. The quantitative estimate of drug-likeness (QED) is 0.558. The van der Waals surface area contributed by atoms with Crippen molar-refractivity contribution in [2.24, 2.45) is 5.92 Å². The van der Waals surface area contributed by atoms with Gasteiger partial charge in [0.2, 0.25) is 0 Å². The topological polar surface area (TPSA) is 29.5 Å². The highest BCUT2D eigenvalue weighted by Crippen LogP contribution is 2.48. The van der Waals surface area contributed by atoms with E-state index < -0.39 is 0 Å². The molecule has 3 aromatic rings. The number of cyclic esters (lactones) is 1. The van der Waals surface area contributed by atoms with Crippen LogP contribution in [0.4, 0.5) is 0 Å². The largest absolute Gasteiger partial charge is 0.457 e. The second-order valence-electron chi connectivity index (χ2n) is 7.45. The molecule has 1 aliphatic rings. The lowest BCUT2D eigenvalue weighted by Gasteiger charge is -2.27. The van der Waals surface area contributed by atoms with E-state index in [9.17, 15) is 4.79 Å². The van der Waals surface area contributed by atoms with Crippen LogP contribution in [0.5, 0.6) is 0 Å². The Balaban J connectivity index is 1.83. The molecule has 1 fully saturated rings. The third kappa shape index (κ3) is 3.43. The van der Waals surface area contributed by atoms with Gasteiger partial charge in [-0.15, -0.1) is 0 Å². The smallest absolute Gasteiger partial charge is 0.311 e. The number of benzene rings is 3. The zero-order valence-electron chi connectivity index (χ0n) is 16.5. The molecule has 0 saturated carbocycles. The third-order valence-electron chi connectivity index (χ3n) is 5.97. The Labute approximate surface area is 166 Å². The third-order valence-corrected chi connectivity index (χ3v) is 5.97. The summed E-state index contributed by atoms with van der Waals surface area (Å²) >= 11 is 0. The van der Waals surface area contributed by atoms with Gasteiger partial charge in [-0.05, 0) is 35.0 Å². The lowest BCUT2D eigenvalue weighted by molar-refractivity contribution is -0.144. The van der Waals surface area contributed by atoms with Crippen LogP contribution in [-0.4, -0.2) is 30.5 Å². The molecule has 144 valence electrons. The molecular formula is C25H27NO2. The zero-order valence-corrected chi connectivity index (χ0v) is 16.5. The first-order chi connectivity index (χ1) is 13.7. The number of nitrogens with zero attached hydrogens (tertiary/aromatic N) is 1. The maximum atomic E-state index is 13.0. The first-order valence-electron chi connectivity index (χ1n) is 10.2. The number of ether oxygens (including phenoxy) is 1. The highest BCUT2D eigenvalue weighted by molar-refractivity contribution is 5.88. The van der Waals surface area contributed by atoms with Gasteiger partial charge in [0, 0.05) is 12.5 Å². The molecule has 3 heteroatoms. The van der Waals surface area contributed by atoms with Gasteiger partial charge in [-0.2, -0.15) is 0 Å². The Bertz CT molecular complexity index is 944. The predicted octanol–water partition coefficient (Wildman–Crippen LogP) is 5.18. The van der Waals surface area contributed by atoms with Crippen molar-refractivity contribution in [1.82, 2.24) is 4.90 Å². The Morgan fingerprint density at radius 1 is 0.857 bits per heavy atom. The summed E-state index contributed by atoms with van der Waals surface area (Å²) in [7, 11) is 0. The van der Waals surface area contributed by atoms with Crippen molar-refractivity contribution < 1.29 is 9.53 Å². The van der Waals surface area contributed by atoms with Crippen LogP contribution in [0.1, 0.15) is 37.0 Å². The zero-order chi connectivity index (χ0) is 19.5. The molecule has 0 aromatic heterocycles. The van der Waals surface area contributed by atoms with Gasteiger partial charge in [0.1, 0.15) is 6.10 Å². The van der Waals surface area contributed by atoms with Crippen LogP contribution >= 0.6 is 0 Å². The molecule has 4 rings (SSSR count). The molecular weight excluding hydrogens is 346 g/mol. The van der Waals surface area contributed by atoms with Crippen LogP contribution in [0.25, 0.3) is 10.8 Å². The average molecular weight is 373 g/mol. The summed E-state index contributed by atoms with van der Waals surface area (Å²) in [5.41, 5.74) is 2.27. The fraction of sp³-hybridized carbons (Fsp3) is 0.320. The Hall–Kier alpha value is -2.65. The minimum absolute atomic E-state index is 0.00148. The minimum atomic E-state index is -0.250. The van der Waals surface area contributed by atoms with Crippen molar-refractivity contribution in [2.75, 3.05) is 19.6 Å². The van der Waals surface area contributed by atoms with Gasteiger partial charge in [0.15, 0.2) is 0 Å². The van der Waals surface area contributed by atoms with E-state index >= 15 is 0 Å². The predicted molar refractivity (Wildman–Crippen MR) is 113 cm³/mol. The number of hydrogen-bond acceptors (Lipinski definition) is 3. The van der Waals surface area contributed by atoms with Crippen molar-refractivity contribution in [1.29, 1.82) is 0 Å². The molecule has 28 heavy (non-hydrogen) atoms. The maximum absolute atomic E-state index is 13.0. The first kappa shape index (κ1) is 18.7. The van der Waals surface area contributed by atoms with E-state index in [1.165, 1.54) is 16.3 Å². The first-order valence-corrected chi connectivity index (χ1v) is 10.2. The molecule has 1 saturated heterocycles. The molecule has 0 amide bonds. The summed E-state index contributed by atoms with van der Waals surface area (Å²) in [4.78, 5) is 15.3. The van der Waals surface area contributed by atoms with Gasteiger partial charge < -0.3 is 9.64 Å². The van der Waals surface area contributed by atoms with E-state index in [-0.39, 0.29) is 23.9 Å². The molecule has 1 heterocycles. The van der Waals surface area contributed by atoms with Crippen molar-refractivity contribution in [3.8, 4) is 0 Å². The highest BCUT2D eigenvalue weighted by Gasteiger charge is 2.46. The van der Waals surface area contributed by atoms with Gasteiger partial charge in [0.05, 0.1) is 5.92 Å². The molecule has 0 radical (unpaired) electrons. The average Bonchev–Trinajstić information content (AvgIpc) is 3.08. The van der Waals surface area contributed by atoms with Crippen molar-refractivity contribution >= 4 is 16.7 Å². The molecule has 1 aliphatic heterocycles. The second kappa shape index (κ2) is 8.15. The van der Waals surface area contributed by atoms with E-state index in [4.69, 9.17) is 4.74 Å². The van der Waals surface area contributed by atoms with Crippen molar-refractivity contribution in [3.63, 3.8) is 0 Å². The maximum Gasteiger partial charge on any atom is 0.311 e. The summed E-state index contributed by atoms with van der Waals surface area (Å²) in [5.74, 6) is -0.254. The van der Waals surface area contributed by atoms with Gasteiger partial charge in [-0.1, -0.05) is 86.6 Å². The fourth-order valence-corrected chi connectivity index (χ4v) is 4.43. The Morgan fingerprint density at radius 3 is 2.29 bits per heavy atom. The summed E-state index contributed by atoms with van der Waals surface area (Å²) in [6.45, 7) is 6.87. The van der Waals surface area contributed by atoms with Crippen LogP contribution in [-0.2, 0) is 9.53 Å². The summed E-state index contributed by atoms with van der Waals surface area (Å²) in [6, 6.07) is 25.0. The molecule has 0 spiro atoms. The van der Waals surface area contributed by atoms with Gasteiger partial charge in [-0.25, -0.2) is 0 Å². The molecule has 0 aliphatic carbocycles. The lowest BCUT2D eigenvalue weighted by Crippen LogP contribution is -2.33. The van der Waals surface area contributed by atoms with E-state index in [2.05, 4.69) is 73.3 Å². The van der Waals surface area contributed by atoms with Crippen LogP contribution < -0.4 is 0 Å². The van der Waals surface area contributed by atoms with E-state index in [0.717, 1.165) is 25.2 Å². The standard InChI is InChI=1S/C25H27NO2/c1-3-26(4-2)17-22-23(21-16-10-14-18-11-8-9-15-20(18)21)24(28-25(22)27)19-12-6-5-7-13-19/h5-16,22-24H,3-4,17H2,1-2H3/t22?,23-,24-/m1/s1. The fourth-order valence-electron chi connectivity index (χ4n) is 4.43. The van der Waals surface area contributed by atoms with Crippen LogP contribution in [0.3, 0.4) is 0 Å². The second-order valence-corrected chi connectivity index (χ2v) is 7.45. The minimum Gasteiger partial charge on any atom is -0.457 e. The van der Waals surface area contributed by atoms with Gasteiger partial charge in [-0.3, -0.25) is 4.79 Å². The summed E-state index contributed by atoms with van der Waals surface area (Å²) < 4.78 is 6.00. The number of hydrogen-bond donors (Lipinski definition) is 0. The Kier molecular flexibility index (Phi) is 5.45. The Morgan fingerprint density at radius 2 is 1.54 bits per heavy atom. The number of carbonyl (C=O) groups excluding carboxylic acids is 1.